The van der Waals surface area contributed by atoms with E-state index in [4.69, 9.17) is 0 Å². The van der Waals surface area contributed by atoms with Crippen LogP contribution in [-0.2, 0) is 12.7 Å². The van der Waals surface area contributed by atoms with Gasteiger partial charge in [0.2, 0.25) is 0 Å². The van der Waals surface area contributed by atoms with Crippen LogP contribution in [0, 0.1) is 0 Å². The number of carbonyl (C=O) groups is 1. The van der Waals surface area contributed by atoms with Gasteiger partial charge < -0.3 is 15.0 Å². The van der Waals surface area contributed by atoms with E-state index in [1.54, 1.807) is 0 Å². The Hall–Kier alpha value is -4.37. The van der Waals surface area contributed by atoms with Crippen molar-refractivity contribution in [3.8, 4) is 17.0 Å². The van der Waals surface area contributed by atoms with E-state index >= 15 is 0 Å². The van der Waals surface area contributed by atoms with E-state index in [2.05, 4.69) is 14.6 Å². The lowest BCUT2D eigenvalue weighted by Crippen LogP contribution is -2.46. The van der Waals surface area contributed by atoms with E-state index in [-0.39, 0.29) is 45.9 Å². The number of halogens is 9. The number of aromatic nitrogens is 1. The predicted molar refractivity (Wildman–Crippen MR) is 175 cm³/mol. The molecule has 0 bridgehead atoms. The van der Waals surface area contributed by atoms with Gasteiger partial charge in [-0.05, 0) is 87.8 Å². The number of hydrogen-bond acceptors (Lipinski definition) is 5. The second-order valence-corrected chi connectivity index (χ2v) is 13.1. The number of pyridine rings is 1. The van der Waals surface area contributed by atoms with Gasteiger partial charge in [-0.3, -0.25) is 9.69 Å². The number of alkyl halides is 9. The summed E-state index contributed by atoms with van der Waals surface area (Å²) < 4.78 is 129. The summed E-state index contributed by atoms with van der Waals surface area (Å²) in [5, 5.41) is 1.77. The number of ether oxygens (including phenoxy) is 1. The fraction of sp³-hybridized carbons (Fsp3) is 0.405. The lowest BCUT2D eigenvalue weighted by molar-refractivity contribution is -0.274. The number of piperidine rings is 2. The normalized spacial score (nSPS) is 17.6. The number of fused-ring (bicyclic) bond motifs is 1. The van der Waals surface area contributed by atoms with Crippen molar-refractivity contribution in [2.24, 2.45) is 0 Å². The molecule has 0 radical (unpaired) electrons. The maximum Gasteiger partial charge on any atom is 0.573 e. The summed E-state index contributed by atoms with van der Waals surface area (Å²) in [5.74, 6) is -2.06. The molecule has 0 saturated carbocycles. The van der Waals surface area contributed by atoms with Crippen LogP contribution in [0.25, 0.3) is 22.2 Å². The summed E-state index contributed by atoms with van der Waals surface area (Å²) in [6.07, 6.45) is -10.1. The maximum absolute atomic E-state index is 14.5. The molecule has 6 rings (SSSR count). The van der Waals surface area contributed by atoms with Crippen molar-refractivity contribution >= 4 is 16.8 Å². The Labute approximate surface area is 293 Å². The first-order chi connectivity index (χ1) is 24.6. The Morgan fingerprint density at radius 3 is 2.15 bits per heavy atom. The molecule has 52 heavy (non-hydrogen) atoms. The molecule has 2 aliphatic rings. The van der Waals surface area contributed by atoms with Gasteiger partial charge in [0.05, 0.1) is 22.3 Å². The number of hydrogen-bond donors (Lipinski definition) is 1. The molecular weight excluding hydrogens is 703 g/mol. The van der Waals surface area contributed by atoms with Gasteiger partial charge in [-0.1, -0.05) is 48.9 Å². The predicted octanol–water partition coefficient (Wildman–Crippen LogP) is 9.30. The van der Waals surface area contributed by atoms with Gasteiger partial charge in [0.15, 0.2) is 6.04 Å². The SMILES string of the molecule is O=C(NC(c1ccccc1)C(F)(F)F)c1c(CN2CCC(N3CCCCC3)CC2)c(-c2cccc(C(F)(F)F)c2)nc2ccc(OC(F)(F)F)cc12. The van der Waals surface area contributed by atoms with Crippen LogP contribution in [-0.4, -0.2) is 65.5 Å². The Balaban J connectivity index is 1.51. The molecule has 3 aromatic carbocycles. The van der Waals surface area contributed by atoms with Crippen LogP contribution in [0.4, 0.5) is 39.5 Å². The smallest absolute Gasteiger partial charge is 0.406 e. The number of likely N-dealkylation sites (tertiary alicyclic amines) is 2. The number of amides is 1. The molecule has 2 saturated heterocycles. The van der Waals surface area contributed by atoms with Crippen molar-refractivity contribution in [2.45, 2.75) is 69.4 Å². The first kappa shape index (κ1) is 37.4. The van der Waals surface area contributed by atoms with Gasteiger partial charge in [0, 0.05) is 29.1 Å². The first-order valence-electron chi connectivity index (χ1n) is 16.9. The molecule has 0 spiro atoms. The Morgan fingerprint density at radius 1 is 0.827 bits per heavy atom. The zero-order valence-electron chi connectivity index (χ0n) is 27.7. The zero-order valence-corrected chi connectivity index (χ0v) is 27.7. The average Bonchev–Trinajstić information content (AvgIpc) is 3.10. The largest absolute Gasteiger partial charge is 0.573 e. The third-order valence-electron chi connectivity index (χ3n) is 9.56. The van der Waals surface area contributed by atoms with Crippen molar-refractivity contribution in [2.75, 3.05) is 26.2 Å². The van der Waals surface area contributed by atoms with Gasteiger partial charge in [-0.15, -0.1) is 13.2 Å². The van der Waals surface area contributed by atoms with Crippen LogP contribution < -0.4 is 10.1 Å². The summed E-state index contributed by atoms with van der Waals surface area (Å²) in [5.41, 5.74) is -2.14. The van der Waals surface area contributed by atoms with Gasteiger partial charge in [-0.25, -0.2) is 4.98 Å². The number of nitrogens with zero attached hydrogens (tertiary/aromatic N) is 3. The second kappa shape index (κ2) is 14.9. The molecule has 6 nitrogen and oxygen atoms in total. The van der Waals surface area contributed by atoms with Crippen molar-refractivity contribution in [1.82, 2.24) is 20.1 Å². The molecule has 15 heteroatoms. The monoisotopic (exact) mass is 738 g/mol. The lowest BCUT2D eigenvalue weighted by atomic mass is 9.93. The molecule has 1 atom stereocenters. The molecule has 0 aliphatic carbocycles. The summed E-state index contributed by atoms with van der Waals surface area (Å²) in [6.45, 7) is 2.79. The van der Waals surface area contributed by atoms with E-state index in [1.807, 2.05) is 10.2 Å². The number of nitrogens with one attached hydrogen (secondary N) is 1. The summed E-state index contributed by atoms with van der Waals surface area (Å²) in [7, 11) is 0. The van der Waals surface area contributed by atoms with E-state index in [1.165, 1.54) is 36.4 Å². The third kappa shape index (κ3) is 8.80. The minimum atomic E-state index is -5.14. The Kier molecular flexibility index (Phi) is 10.7. The average molecular weight is 739 g/mol. The number of carbonyl (C=O) groups excluding carboxylic acids is 1. The molecule has 4 aromatic rings. The van der Waals surface area contributed by atoms with Crippen molar-refractivity contribution in [1.29, 1.82) is 0 Å². The van der Waals surface area contributed by atoms with Gasteiger partial charge in [0.1, 0.15) is 5.75 Å². The number of rotatable bonds is 8. The van der Waals surface area contributed by atoms with Gasteiger partial charge in [0.25, 0.3) is 5.91 Å². The van der Waals surface area contributed by atoms with Crippen LogP contribution in [0.15, 0.2) is 72.8 Å². The highest BCUT2D eigenvalue weighted by atomic mass is 19.4. The highest BCUT2D eigenvalue weighted by Gasteiger charge is 2.43. The van der Waals surface area contributed by atoms with Crippen molar-refractivity contribution in [3.63, 3.8) is 0 Å². The fourth-order valence-electron chi connectivity index (χ4n) is 7.13. The summed E-state index contributed by atoms with van der Waals surface area (Å²) in [6, 6.07) is 11.3. The standard InChI is InChI=1S/C37H35F9N4O2/c38-35(39,40)25-11-7-10-24(20-25)32-29(22-49-18-14-26(15-19-49)50-16-5-2-6-17-50)31(28-21-27(52-37(44,45)46)12-13-30(28)47-32)34(51)48-33(36(41,42)43)23-8-3-1-4-9-23/h1,3-4,7-13,20-21,26,33H,2,5-6,14-19,22H2,(H,48,51). The van der Waals surface area contributed by atoms with Crippen LogP contribution in [0.1, 0.15) is 65.2 Å². The molecule has 1 aromatic heterocycles. The highest BCUT2D eigenvalue weighted by molar-refractivity contribution is 6.09. The van der Waals surface area contributed by atoms with E-state index in [9.17, 15) is 44.3 Å². The Bertz CT molecular complexity index is 1870. The quantitative estimate of drug-likeness (QED) is 0.183. The Morgan fingerprint density at radius 2 is 1.52 bits per heavy atom. The molecule has 1 N–H and O–H groups in total. The maximum atomic E-state index is 14.5. The minimum Gasteiger partial charge on any atom is -0.406 e. The molecular formula is C37H35F9N4O2. The van der Waals surface area contributed by atoms with Gasteiger partial charge >= 0.3 is 18.7 Å². The van der Waals surface area contributed by atoms with E-state index in [0.29, 0.717) is 13.1 Å². The summed E-state index contributed by atoms with van der Waals surface area (Å²) >= 11 is 0. The van der Waals surface area contributed by atoms with Crippen molar-refractivity contribution < 1.29 is 49.0 Å². The molecule has 1 unspecified atom stereocenters. The van der Waals surface area contributed by atoms with E-state index in [0.717, 1.165) is 81.6 Å². The minimum absolute atomic E-state index is 0.0288. The van der Waals surface area contributed by atoms with Crippen LogP contribution in [0.2, 0.25) is 0 Å². The molecule has 2 fully saturated rings. The van der Waals surface area contributed by atoms with E-state index < -0.39 is 47.5 Å². The summed E-state index contributed by atoms with van der Waals surface area (Å²) in [4.78, 5) is 23.2. The third-order valence-corrected chi connectivity index (χ3v) is 9.56. The van der Waals surface area contributed by atoms with Crippen molar-refractivity contribution in [3.05, 3.63) is 95.1 Å². The highest BCUT2D eigenvalue weighted by Crippen LogP contribution is 2.39. The van der Waals surface area contributed by atoms with Crippen LogP contribution >= 0.6 is 0 Å². The number of benzene rings is 3. The molecule has 2 aliphatic heterocycles. The topological polar surface area (TPSA) is 57.7 Å². The molecule has 1 amide bonds. The molecule has 3 heterocycles. The fourth-order valence-corrected chi connectivity index (χ4v) is 7.13. The molecule has 278 valence electrons. The van der Waals surface area contributed by atoms with Gasteiger partial charge in [-0.2, -0.15) is 26.3 Å². The van der Waals surface area contributed by atoms with Crippen LogP contribution in [0.3, 0.4) is 0 Å². The lowest BCUT2D eigenvalue weighted by Gasteiger charge is -2.40. The second-order valence-electron chi connectivity index (χ2n) is 13.1. The van der Waals surface area contributed by atoms with Crippen LogP contribution in [0.5, 0.6) is 5.75 Å². The first-order valence-corrected chi connectivity index (χ1v) is 16.9. The zero-order chi connectivity index (χ0) is 37.3.